The van der Waals surface area contributed by atoms with E-state index in [1.165, 1.54) is 34.0 Å². The summed E-state index contributed by atoms with van der Waals surface area (Å²) in [5.74, 6) is 0.906. The van der Waals surface area contributed by atoms with Crippen molar-refractivity contribution < 1.29 is 0 Å². The Morgan fingerprint density at radius 1 is 1.50 bits per heavy atom. The summed E-state index contributed by atoms with van der Waals surface area (Å²) in [5.41, 5.74) is 8.79. The molecule has 1 atom stereocenters. The van der Waals surface area contributed by atoms with E-state index in [0.717, 1.165) is 5.92 Å². The third kappa shape index (κ3) is 2.48. The van der Waals surface area contributed by atoms with E-state index in [0.29, 0.717) is 0 Å². The van der Waals surface area contributed by atoms with Crippen molar-refractivity contribution in [3.63, 3.8) is 0 Å². The summed E-state index contributed by atoms with van der Waals surface area (Å²) in [6.07, 6.45) is 3.94. The highest BCUT2D eigenvalue weighted by atomic mass is 127. The van der Waals surface area contributed by atoms with Crippen molar-refractivity contribution in [3.8, 4) is 0 Å². The van der Waals surface area contributed by atoms with Crippen LogP contribution in [0.3, 0.4) is 0 Å². The molecule has 1 aromatic carbocycles. The number of halogens is 1. The van der Waals surface area contributed by atoms with E-state index < -0.39 is 0 Å². The Bertz CT molecular complexity index is 331. The van der Waals surface area contributed by atoms with E-state index in [1.54, 1.807) is 0 Å². The van der Waals surface area contributed by atoms with Crippen molar-refractivity contribution in [2.75, 3.05) is 0 Å². The fraction of sp³-hybridized carbons (Fsp3) is 0.500. The molecule has 0 radical (unpaired) electrons. The Morgan fingerprint density at radius 3 is 2.79 bits per heavy atom. The Kier molecular flexibility index (Phi) is 3.12. The van der Waals surface area contributed by atoms with Crippen LogP contribution >= 0.6 is 22.6 Å². The van der Waals surface area contributed by atoms with Gasteiger partial charge in [-0.3, -0.25) is 0 Å². The molecule has 0 aromatic heterocycles. The summed E-state index contributed by atoms with van der Waals surface area (Å²) in [6, 6.07) is 6.81. The van der Waals surface area contributed by atoms with Crippen molar-refractivity contribution >= 4 is 22.6 Å². The molecule has 2 rings (SSSR count). The van der Waals surface area contributed by atoms with Crippen LogP contribution in [0.2, 0.25) is 0 Å². The van der Waals surface area contributed by atoms with Crippen LogP contribution in [0.25, 0.3) is 0 Å². The van der Waals surface area contributed by atoms with Crippen LogP contribution in [0, 0.1) is 16.4 Å². The molecule has 0 bridgehead atoms. The van der Waals surface area contributed by atoms with Crippen molar-refractivity contribution in [2.45, 2.75) is 32.2 Å². The van der Waals surface area contributed by atoms with Crippen LogP contribution in [0.4, 0.5) is 0 Å². The molecule has 0 unspecified atom stereocenters. The molecule has 1 fully saturated rings. The Balaban J connectivity index is 2.10. The lowest BCUT2D eigenvalue weighted by Crippen LogP contribution is -2.11. The molecule has 1 aliphatic carbocycles. The predicted molar refractivity (Wildman–Crippen MR) is 68.2 cm³/mol. The Morgan fingerprint density at radius 2 is 2.21 bits per heavy atom. The molecule has 1 saturated carbocycles. The normalized spacial score (nSPS) is 18.2. The monoisotopic (exact) mass is 301 g/mol. The lowest BCUT2D eigenvalue weighted by Gasteiger charge is -2.12. The van der Waals surface area contributed by atoms with Crippen molar-refractivity contribution in [1.29, 1.82) is 0 Å². The second kappa shape index (κ2) is 4.19. The SMILES string of the molecule is Cc1ccc([C@@H](N)CC2CC2)cc1I. The van der Waals surface area contributed by atoms with Gasteiger partial charge in [-0.05, 0) is 59.0 Å². The fourth-order valence-corrected chi connectivity index (χ4v) is 2.23. The number of aryl methyl sites for hydroxylation is 1. The fourth-order valence-electron chi connectivity index (χ4n) is 1.69. The molecule has 0 amide bonds. The molecular weight excluding hydrogens is 285 g/mol. The Hall–Kier alpha value is -0.0900. The third-order valence-corrected chi connectivity index (χ3v) is 4.07. The second-order valence-corrected chi connectivity index (χ2v) is 5.46. The highest BCUT2D eigenvalue weighted by molar-refractivity contribution is 14.1. The van der Waals surface area contributed by atoms with E-state index in [9.17, 15) is 0 Å². The molecule has 14 heavy (non-hydrogen) atoms. The minimum atomic E-state index is 0.247. The summed E-state index contributed by atoms with van der Waals surface area (Å²) in [4.78, 5) is 0. The number of hydrogen-bond donors (Lipinski definition) is 1. The van der Waals surface area contributed by atoms with Gasteiger partial charge in [-0.1, -0.05) is 25.0 Å². The van der Waals surface area contributed by atoms with Crippen LogP contribution in [0.5, 0.6) is 0 Å². The molecule has 2 heteroatoms. The van der Waals surface area contributed by atoms with Gasteiger partial charge in [0.1, 0.15) is 0 Å². The van der Waals surface area contributed by atoms with E-state index in [2.05, 4.69) is 47.7 Å². The topological polar surface area (TPSA) is 26.0 Å². The first kappa shape index (κ1) is 10.4. The van der Waals surface area contributed by atoms with Crippen LogP contribution in [0.15, 0.2) is 18.2 Å². The van der Waals surface area contributed by atoms with Gasteiger partial charge < -0.3 is 5.73 Å². The highest BCUT2D eigenvalue weighted by Crippen LogP contribution is 2.36. The summed E-state index contributed by atoms with van der Waals surface area (Å²) >= 11 is 2.38. The van der Waals surface area contributed by atoms with Gasteiger partial charge in [0.25, 0.3) is 0 Å². The molecular formula is C12H16IN. The number of hydrogen-bond acceptors (Lipinski definition) is 1. The standard InChI is InChI=1S/C12H16IN/c1-8-2-5-10(7-11(8)13)12(14)6-9-3-4-9/h2,5,7,9,12H,3-4,6,14H2,1H3/t12-/m0/s1. The van der Waals surface area contributed by atoms with Gasteiger partial charge in [0.2, 0.25) is 0 Å². The van der Waals surface area contributed by atoms with Gasteiger partial charge in [0.15, 0.2) is 0 Å². The quantitative estimate of drug-likeness (QED) is 0.851. The second-order valence-electron chi connectivity index (χ2n) is 4.29. The number of nitrogens with two attached hydrogens (primary N) is 1. The van der Waals surface area contributed by atoms with Crippen LogP contribution < -0.4 is 5.73 Å². The van der Waals surface area contributed by atoms with Gasteiger partial charge in [-0.25, -0.2) is 0 Å². The first-order valence-corrected chi connectivity index (χ1v) is 6.26. The van der Waals surface area contributed by atoms with Crippen molar-refractivity contribution in [1.82, 2.24) is 0 Å². The van der Waals surface area contributed by atoms with Crippen LogP contribution in [0.1, 0.15) is 36.4 Å². The molecule has 1 nitrogen and oxygen atoms in total. The van der Waals surface area contributed by atoms with Crippen LogP contribution in [-0.4, -0.2) is 0 Å². The Labute approximate surface area is 99.2 Å². The van der Waals surface area contributed by atoms with Gasteiger partial charge >= 0.3 is 0 Å². The zero-order chi connectivity index (χ0) is 10.1. The minimum Gasteiger partial charge on any atom is -0.324 e. The van der Waals surface area contributed by atoms with Gasteiger partial charge in [0, 0.05) is 9.61 Å². The molecule has 1 aliphatic rings. The average Bonchev–Trinajstić information content (AvgIpc) is 2.93. The summed E-state index contributed by atoms with van der Waals surface area (Å²) in [5, 5.41) is 0. The first-order chi connectivity index (χ1) is 6.66. The summed E-state index contributed by atoms with van der Waals surface area (Å²) in [7, 11) is 0. The molecule has 0 saturated heterocycles. The van der Waals surface area contributed by atoms with E-state index in [1.807, 2.05) is 0 Å². The third-order valence-electron chi connectivity index (χ3n) is 2.91. The van der Waals surface area contributed by atoms with E-state index in [4.69, 9.17) is 5.73 Å². The average molecular weight is 301 g/mol. The summed E-state index contributed by atoms with van der Waals surface area (Å²) < 4.78 is 1.33. The van der Waals surface area contributed by atoms with E-state index in [-0.39, 0.29) is 6.04 Å². The molecule has 1 aromatic rings. The largest absolute Gasteiger partial charge is 0.324 e. The van der Waals surface area contributed by atoms with Gasteiger partial charge in [-0.2, -0.15) is 0 Å². The van der Waals surface area contributed by atoms with Crippen molar-refractivity contribution in [3.05, 3.63) is 32.9 Å². The highest BCUT2D eigenvalue weighted by Gasteiger charge is 2.24. The molecule has 0 heterocycles. The number of rotatable bonds is 3. The minimum absolute atomic E-state index is 0.247. The number of benzene rings is 1. The maximum Gasteiger partial charge on any atom is 0.0297 e. The molecule has 2 N–H and O–H groups in total. The van der Waals surface area contributed by atoms with Gasteiger partial charge in [0.05, 0.1) is 0 Å². The van der Waals surface area contributed by atoms with Crippen molar-refractivity contribution in [2.24, 2.45) is 11.7 Å². The molecule has 0 spiro atoms. The molecule has 76 valence electrons. The molecule has 0 aliphatic heterocycles. The maximum atomic E-state index is 6.15. The zero-order valence-electron chi connectivity index (χ0n) is 8.46. The van der Waals surface area contributed by atoms with E-state index >= 15 is 0 Å². The zero-order valence-corrected chi connectivity index (χ0v) is 10.6. The lowest BCUT2D eigenvalue weighted by atomic mass is 10.0. The lowest BCUT2D eigenvalue weighted by molar-refractivity contribution is 0.596. The van der Waals surface area contributed by atoms with Gasteiger partial charge in [-0.15, -0.1) is 0 Å². The predicted octanol–water partition coefficient (Wildman–Crippen LogP) is 3.40. The first-order valence-electron chi connectivity index (χ1n) is 5.18. The smallest absolute Gasteiger partial charge is 0.0297 e. The maximum absolute atomic E-state index is 6.15. The van der Waals surface area contributed by atoms with Crippen LogP contribution in [-0.2, 0) is 0 Å². The summed E-state index contributed by atoms with van der Waals surface area (Å²) in [6.45, 7) is 2.14.